The van der Waals surface area contributed by atoms with Crippen LogP contribution in [0.1, 0.15) is 51.0 Å². The Labute approximate surface area is 125 Å². The average Bonchev–Trinajstić information content (AvgIpc) is 2.48. The van der Waals surface area contributed by atoms with Crippen molar-refractivity contribution < 1.29 is 4.79 Å². The summed E-state index contributed by atoms with van der Waals surface area (Å²) in [6.07, 6.45) is 8.98. The number of aromatic nitrogens is 2. The van der Waals surface area contributed by atoms with Crippen LogP contribution in [0.25, 0.3) is 0 Å². The van der Waals surface area contributed by atoms with Crippen LogP contribution in [-0.4, -0.2) is 28.5 Å². The topological polar surface area (TPSA) is 92.9 Å². The van der Waals surface area contributed by atoms with Gasteiger partial charge in [0.2, 0.25) is 11.9 Å². The van der Waals surface area contributed by atoms with Crippen LogP contribution in [0.15, 0.2) is 6.20 Å². The first-order valence-corrected chi connectivity index (χ1v) is 7.83. The lowest BCUT2D eigenvalue weighted by molar-refractivity contribution is -0.121. The van der Waals surface area contributed by atoms with Crippen molar-refractivity contribution in [1.29, 1.82) is 0 Å². The van der Waals surface area contributed by atoms with E-state index in [0.29, 0.717) is 19.0 Å². The van der Waals surface area contributed by atoms with Gasteiger partial charge in [-0.3, -0.25) is 4.79 Å². The number of nitrogens with zero attached hydrogens (tertiary/aromatic N) is 2. The standard InChI is InChI=1S/C15H25N5O/c1-2-11-10-18-15(16)20-14(11)17-9-8-13(21)19-12-6-4-3-5-7-12/h10,12H,2-9H2,1H3,(H,19,21)(H3,16,17,18,20). The zero-order valence-electron chi connectivity index (χ0n) is 12.7. The molecule has 0 bridgehead atoms. The van der Waals surface area contributed by atoms with Gasteiger partial charge in [-0.25, -0.2) is 4.98 Å². The van der Waals surface area contributed by atoms with Crippen LogP contribution in [0.3, 0.4) is 0 Å². The van der Waals surface area contributed by atoms with Crippen LogP contribution in [0, 0.1) is 0 Å². The Morgan fingerprint density at radius 3 is 2.86 bits per heavy atom. The molecule has 2 rings (SSSR count). The number of hydrogen-bond acceptors (Lipinski definition) is 5. The molecule has 1 aromatic rings. The van der Waals surface area contributed by atoms with Gasteiger partial charge in [0.15, 0.2) is 0 Å². The van der Waals surface area contributed by atoms with Crippen LogP contribution in [0.2, 0.25) is 0 Å². The molecule has 1 aliphatic carbocycles. The number of anilines is 2. The summed E-state index contributed by atoms with van der Waals surface area (Å²) in [5.41, 5.74) is 6.61. The fourth-order valence-electron chi connectivity index (χ4n) is 2.67. The molecule has 0 atom stereocenters. The number of rotatable bonds is 6. The lowest BCUT2D eigenvalue weighted by Crippen LogP contribution is -2.36. The minimum atomic E-state index is 0.106. The smallest absolute Gasteiger partial charge is 0.221 e. The highest BCUT2D eigenvalue weighted by atomic mass is 16.1. The molecule has 0 aliphatic heterocycles. The highest BCUT2D eigenvalue weighted by Gasteiger charge is 2.15. The molecule has 1 heterocycles. The third-order valence-corrected chi connectivity index (χ3v) is 3.88. The first kappa shape index (κ1) is 15.5. The summed E-state index contributed by atoms with van der Waals surface area (Å²) >= 11 is 0. The molecular formula is C15H25N5O. The molecule has 1 saturated carbocycles. The number of amides is 1. The number of carbonyl (C=O) groups is 1. The highest BCUT2D eigenvalue weighted by molar-refractivity contribution is 5.76. The molecule has 6 heteroatoms. The van der Waals surface area contributed by atoms with Crippen molar-refractivity contribution in [3.63, 3.8) is 0 Å². The number of nitrogens with one attached hydrogen (secondary N) is 2. The maximum atomic E-state index is 11.9. The van der Waals surface area contributed by atoms with E-state index in [-0.39, 0.29) is 11.9 Å². The quantitative estimate of drug-likeness (QED) is 0.744. The highest BCUT2D eigenvalue weighted by Crippen LogP contribution is 2.17. The second kappa shape index (κ2) is 7.81. The second-order valence-electron chi connectivity index (χ2n) is 5.53. The summed E-state index contributed by atoms with van der Waals surface area (Å²) < 4.78 is 0. The van der Waals surface area contributed by atoms with Gasteiger partial charge in [-0.2, -0.15) is 4.98 Å². The fraction of sp³-hybridized carbons (Fsp3) is 0.667. The van der Waals surface area contributed by atoms with E-state index in [1.54, 1.807) is 6.20 Å². The Morgan fingerprint density at radius 2 is 2.14 bits per heavy atom. The lowest BCUT2D eigenvalue weighted by Gasteiger charge is -2.22. The van der Waals surface area contributed by atoms with Crippen molar-refractivity contribution in [3.05, 3.63) is 11.8 Å². The second-order valence-corrected chi connectivity index (χ2v) is 5.53. The van der Waals surface area contributed by atoms with E-state index in [0.717, 1.165) is 30.6 Å². The third kappa shape index (κ3) is 4.88. The van der Waals surface area contributed by atoms with Gasteiger partial charge in [0.05, 0.1) is 0 Å². The summed E-state index contributed by atoms with van der Waals surface area (Å²) in [7, 11) is 0. The summed E-state index contributed by atoms with van der Waals surface area (Å²) in [6.45, 7) is 2.60. The first-order chi connectivity index (χ1) is 10.2. The van der Waals surface area contributed by atoms with Gasteiger partial charge >= 0.3 is 0 Å². The van der Waals surface area contributed by atoms with Crippen molar-refractivity contribution in [3.8, 4) is 0 Å². The Hall–Kier alpha value is -1.85. The van der Waals surface area contributed by atoms with Crippen molar-refractivity contribution in [1.82, 2.24) is 15.3 Å². The van der Waals surface area contributed by atoms with E-state index in [1.165, 1.54) is 19.3 Å². The molecular weight excluding hydrogens is 266 g/mol. The maximum Gasteiger partial charge on any atom is 0.221 e. The molecule has 1 fully saturated rings. The molecule has 1 amide bonds. The van der Waals surface area contributed by atoms with Crippen molar-refractivity contribution in [2.24, 2.45) is 0 Å². The molecule has 0 unspecified atom stereocenters. The van der Waals surface area contributed by atoms with Gasteiger partial charge in [0, 0.05) is 30.8 Å². The Balaban J connectivity index is 1.75. The summed E-state index contributed by atoms with van der Waals surface area (Å²) in [6, 6.07) is 0.368. The Kier molecular flexibility index (Phi) is 5.78. The van der Waals surface area contributed by atoms with Gasteiger partial charge in [-0.05, 0) is 19.3 Å². The van der Waals surface area contributed by atoms with Crippen LogP contribution >= 0.6 is 0 Å². The van der Waals surface area contributed by atoms with E-state index in [4.69, 9.17) is 5.73 Å². The van der Waals surface area contributed by atoms with Crippen LogP contribution in [0.5, 0.6) is 0 Å². The molecule has 0 saturated heterocycles. The Morgan fingerprint density at radius 1 is 1.38 bits per heavy atom. The zero-order valence-corrected chi connectivity index (χ0v) is 12.7. The lowest BCUT2D eigenvalue weighted by atomic mass is 9.95. The SMILES string of the molecule is CCc1cnc(N)nc1NCCC(=O)NC1CCCCC1. The van der Waals surface area contributed by atoms with Gasteiger partial charge in [0.1, 0.15) is 5.82 Å². The maximum absolute atomic E-state index is 11.9. The molecule has 116 valence electrons. The van der Waals surface area contributed by atoms with Crippen LogP contribution in [0.4, 0.5) is 11.8 Å². The first-order valence-electron chi connectivity index (χ1n) is 7.83. The number of nitrogen functional groups attached to an aromatic ring is 1. The predicted octanol–water partition coefficient (Wildman–Crippen LogP) is 1.87. The van der Waals surface area contributed by atoms with Crippen LogP contribution in [-0.2, 0) is 11.2 Å². The zero-order chi connectivity index (χ0) is 15.1. The summed E-state index contributed by atoms with van der Waals surface area (Å²) in [4.78, 5) is 20.1. The molecule has 4 N–H and O–H groups in total. The minimum Gasteiger partial charge on any atom is -0.369 e. The molecule has 21 heavy (non-hydrogen) atoms. The van der Waals surface area contributed by atoms with E-state index < -0.39 is 0 Å². The summed E-state index contributed by atoms with van der Waals surface area (Å²) in [5.74, 6) is 1.09. The number of hydrogen-bond donors (Lipinski definition) is 3. The Bertz CT molecular complexity index is 471. The van der Waals surface area contributed by atoms with Crippen LogP contribution < -0.4 is 16.4 Å². The van der Waals surface area contributed by atoms with E-state index in [9.17, 15) is 4.79 Å². The van der Waals surface area contributed by atoms with E-state index >= 15 is 0 Å². The molecule has 6 nitrogen and oxygen atoms in total. The molecule has 1 aliphatic rings. The fourth-order valence-corrected chi connectivity index (χ4v) is 2.67. The summed E-state index contributed by atoms with van der Waals surface area (Å²) in [5, 5.41) is 6.29. The monoisotopic (exact) mass is 291 g/mol. The molecule has 1 aromatic heterocycles. The average molecular weight is 291 g/mol. The third-order valence-electron chi connectivity index (χ3n) is 3.88. The van der Waals surface area contributed by atoms with Crippen molar-refractivity contribution >= 4 is 17.7 Å². The van der Waals surface area contributed by atoms with Gasteiger partial charge in [0.25, 0.3) is 0 Å². The minimum absolute atomic E-state index is 0.106. The largest absolute Gasteiger partial charge is 0.369 e. The number of nitrogens with two attached hydrogens (primary N) is 1. The van der Waals surface area contributed by atoms with Crippen molar-refractivity contribution in [2.75, 3.05) is 17.6 Å². The number of carbonyl (C=O) groups excluding carboxylic acids is 1. The van der Waals surface area contributed by atoms with Gasteiger partial charge in [-0.1, -0.05) is 26.2 Å². The molecule has 0 aromatic carbocycles. The molecule has 0 spiro atoms. The van der Waals surface area contributed by atoms with E-state index in [1.807, 2.05) is 6.92 Å². The van der Waals surface area contributed by atoms with Gasteiger partial charge in [-0.15, -0.1) is 0 Å². The normalized spacial score (nSPS) is 15.7. The van der Waals surface area contributed by atoms with E-state index in [2.05, 4.69) is 20.6 Å². The number of aryl methyl sites for hydroxylation is 1. The van der Waals surface area contributed by atoms with Crippen molar-refractivity contribution in [2.45, 2.75) is 57.9 Å². The molecule has 0 radical (unpaired) electrons. The predicted molar refractivity (Wildman–Crippen MR) is 83.9 cm³/mol. The van der Waals surface area contributed by atoms with Gasteiger partial charge < -0.3 is 16.4 Å².